The molecule has 0 saturated carbocycles. The normalized spacial score (nSPS) is 16.1. The van der Waals surface area contributed by atoms with E-state index in [1.165, 1.54) is 6.07 Å². The van der Waals surface area contributed by atoms with Crippen LogP contribution in [0, 0.1) is 6.57 Å². The summed E-state index contributed by atoms with van der Waals surface area (Å²) in [5, 5.41) is 18.0. The second kappa shape index (κ2) is 5.82. The predicted molar refractivity (Wildman–Crippen MR) is 64.8 cm³/mol. The van der Waals surface area contributed by atoms with E-state index in [0.717, 1.165) is 12.8 Å². The number of aromatic nitrogens is 1. The molecule has 0 aromatic carbocycles. The van der Waals surface area contributed by atoms with Gasteiger partial charge in [0, 0.05) is 12.8 Å². The summed E-state index contributed by atoms with van der Waals surface area (Å²) < 4.78 is 10.9. The quantitative estimate of drug-likeness (QED) is 0.575. The Balaban J connectivity index is 2.14. The predicted octanol–water partition coefficient (Wildman–Crippen LogP) is -0.130. The maximum Gasteiger partial charge on any atom is 0.533 e. The second-order valence-electron chi connectivity index (χ2n) is 3.97. The lowest BCUT2D eigenvalue weighted by atomic mass is 9.86. The van der Waals surface area contributed by atoms with Gasteiger partial charge in [-0.05, 0) is 12.1 Å². The monoisotopic (exact) mass is 248 g/mol. The zero-order chi connectivity index (χ0) is 13.0. The lowest BCUT2D eigenvalue weighted by Gasteiger charge is -2.23. The van der Waals surface area contributed by atoms with Gasteiger partial charge in [-0.15, -0.1) is 4.98 Å². The van der Waals surface area contributed by atoms with E-state index in [9.17, 15) is 0 Å². The molecule has 2 N–H and O–H groups in total. The smallest absolute Gasteiger partial charge is 0.499 e. The number of hydrogen-bond donors (Lipinski definition) is 2. The average Bonchev–Trinajstić information content (AvgIpc) is 2.40. The van der Waals surface area contributed by atoms with Gasteiger partial charge in [0.05, 0.1) is 13.2 Å². The summed E-state index contributed by atoms with van der Waals surface area (Å²) in [5.41, 5.74) is 0.0420. The van der Waals surface area contributed by atoms with Crippen LogP contribution in [0.25, 0.3) is 4.85 Å². The van der Waals surface area contributed by atoms with Crippen LogP contribution in [-0.2, 0) is 4.74 Å². The van der Waals surface area contributed by atoms with Crippen molar-refractivity contribution in [3.05, 3.63) is 23.5 Å². The van der Waals surface area contributed by atoms with E-state index in [1.54, 1.807) is 6.07 Å². The molecule has 6 nitrogen and oxygen atoms in total. The molecule has 0 radical (unpaired) electrons. The third kappa shape index (κ3) is 2.98. The van der Waals surface area contributed by atoms with Crippen molar-refractivity contribution in [1.29, 1.82) is 0 Å². The maximum absolute atomic E-state index is 8.99. The van der Waals surface area contributed by atoms with Gasteiger partial charge in [-0.1, -0.05) is 6.57 Å². The fourth-order valence-corrected chi connectivity index (χ4v) is 1.74. The molecule has 1 aromatic rings. The van der Waals surface area contributed by atoms with Crippen LogP contribution in [0.15, 0.2) is 12.1 Å². The molecule has 0 amide bonds. The highest BCUT2D eigenvalue weighted by Gasteiger charge is 2.22. The summed E-state index contributed by atoms with van der Waals surface area (Å²) in [6, 6.07) is 2.98. The van der Waals surface area contributed by atoms with Crippen molar-refractivity contribution in [2.45, 2.75) is 18.9 Å². The van der Waals surface area contributed by atoms with E-state index < -0.39 is 7.12 Å². The van der Waals surface area contributed by atoms with Crippen molar-refractivity contribution in [3.63, 3.8) is 0 Å². The molecule has 0 aliphatic carbocycles. The van der Waals surface area contributed by atoms with Crippen molar-refractivity contribution in [1.82, 2.24) is 4.98 Å². The number of hydrogen-bond acceptors (Lipinski definition) is 5. The Labute approximate surface area is 105 Å². The average molecular weight is 248 g/mol. The van der Waals surface area contributed by atoms with Gasteiger partial charge in [-0.25, -0.2) is 0 Å². The van der Waals surface area contributed by atoms with Crippen LogP contribution in [0.5, 0.6) is 5.75 Å². The van der Waals surface area contributed by atoms with Gasteiger partial charge < -0.3 is 24.4 Å². The lowest BCUT2D eigenvalue weighted by Crippen LogP contribution is -2.32. The first kappa shape index (κ1) is 12.8. The second-order valence-corrected chi connectivity index (χ2v) is 3.97. The molecule has 1 saturated heterocycles. The Hall–Kier alpha value is -1.62. The Morgan fingerprint density at radius 2 is 2.11 bits per heavy atom. The van der Waals surface area contributed by atoms with Crippen molar-refractivity contribution in [3.8, 4) is 5.75 Å². The van der Waals surface area contributed by atoms with E-state index in [1.807, 2.05) is 0 Å². The van der Waals surface area contributed by atoms with Crippen LogP contribution in [0.1, 0.15) is 12.8 Å². The van der Waals surface area contributed by atoms with E-state index in [4.69, 9.17) is 26.1 Å². The standard InChI is InChI=1S/C11H13BN2O4/c1-13-11-9(2-3-10(14-11)12(15)16)18-8-4-6-17-7-5-8/h2-3,8,15-16H,4-7H2. The molecular formula is C11H13BN2O4. The summed E-state index contributed by atoms with van der Waals surface area (Å²) in [7, 11) is -1.68. The SMILES string of the molecule is [C-]#[N+]c1nc(B(O)O)ccc1OC1CCOCC1. The summed E-state index contributed by atoms with van der Waals surface area (Å²) in [6.45, 7) is 8.34. The molecule has 1 aliphatic heterocycles. The van der Waals surface area contributed by atoms with E-state index in [2.05, 4.69) is 9.83 Å². The minimum absolute atomic E-state index is 0.0194. The Kier molecular flexibility index (Phi) is 4.15. The minimum atomic E-state index is -1.68. The van der Waals surface area contributed by atoms with Crippen molar-refractivity contribution in [2.75, 3.05) is 13.2 Å². The van der Waals surface area contributed by atoms with Crippen LogP contribution in [0.2, 0.25) is 0 Å². The molecule has 0 bridgehead atoms. The summed E-state index contributed by atoms with van der Waals surface area (Å²) >= 11 is 0. The van der Waals surface area contributed by atoms with Gasteiger partial charge >= 0.3 is 12.9 Å². The van der Waals surface area contributed by atoms with Crippen LogP contribution in [0.3, 0.4) is 0 Å². The summed E-state index contributed by atoms with van der Waals surface area (Å²) in [5.74, 6) is 0.424. The molecule has 18 heavy (non-hydrogen) atoms. The van der Waals surface area contributed by atoms with Gasteiger partial charge in [0.15, 0.2) is 5.59 Å². The molecule has 94 valence electrons. The molecule has 0 spiro atoms. The molecule has 2 rings (SSSR count). The van der Waals surface area contributed by atoms with Crippen LogP contribution >= 0.6 is 0 Å². The van der Waals surface area contributed by atoms with Crippen molar-refractivity contribution < 1.29 is 19.5 Å². The molecule has 0 unspecified atom stereocenters. The highest BCUT2D eigenvalue weighted by Crippen LogP contribution is 2.26. The van der Waals surface area contributed by atoms with Crippen LogP contribution in [-0.4, -0.2) is 41.5 Å². The maximum atomic E-state index is 8.99. The molecule has 1 fully saturated rings. The van der Waals surface area contributed by atoms with Crippen molar-refractivity contribution >= 4 is 18.5 Å². The van der Waals surface area contributed by atoms with Gasteiger partial charge in [-0.3, -0.25) is 0 Å². The molecule has 1 aromatic heterocycles. The highest BCUT2D eigenvalue weighted by atomic mass is 16.5. The van der Waals surface area contributed by atoms with Gasteiger partial charge in [0.2, 0.25) is 0 Å². The highest BCUT2D eigenvalue weighted by molar-refractivity contribution is 6.57. The molecule has 7 heteroatoms. The molecular weight excluding hydrogens is 235 g/mol. The summed E-state index contributed by atoms with van der Waals surface area (Å²) in [4.78, 5) is 7.09. The fourth-order valence-electron chi connectivity index (χ4n) is 1.74. The fraction of sp³-hybridized carbons (Fsp3) is 0.455. The molecule has 1 aliphatic rings. The van der Waals surface area contributed by atoms with E-state index in [-0.39, 0.29) is 17.5 Å². The third-order valence-electron chi connectivity index (χ3n) is 2.69. The number of pyridine rings is 1. The first-order valence-electron chi connectivity index (χ1n) is 5.69. The Morgan fingerprint density at radius 1 is 1.39 bits per heavy atom. The number of rotatable bonds is 3. The Bertz CT molecular complexity index is 455. The first-order valence-corrected chi connectivity index (χ1v) is 5.69. The van der Waals surface area contributed by atoms with Crippen LogP contribution < -0.4 is 10.3 Å². The number of nitrogens with zero attached hydrogens (tertiary/aromatic N) is 2. The third-order valence-corrected chi connectivity index (χ3v) is 2.69. The zero-order valence-electron chi connectivity index (χ0n) is 9.74. The van der Waals surface area contributed by atoms with E-state index >= 15 is 0 Å². The van der Waals surface area contributed by atoms with E-state index in [0.29, 0.717) is 19.0 Å². The van der Waals surface area contributed by atoms with Crippen LogP contribution in [0.4, 0.5) is 5.82 Å². The first-order chi connectivity index (χ1) is 8.70. The topological polar surface area (TPSA) is 76.2 Å². The van der Waals surface area contributed by atoms with Gasteiger partial charge in [-0.2, -0.15) is 0 Å². The zero-order valence-corrected chi connectivity index (χ0v) is 9.74. The lowest BCUT2D eigenvalue weighted by molar-refractivity contribution is 0.0258. The van der Waals surface area contributed by atoms with Crippen molar-refractivity contribution in [2.24, 2.45) is 0 Å². The summed E-state index contributed by atoms with van der Waals surface area (Å²) in [6.07, 6.45) is 1.58. The largest absolute Gasteiger partial charge is 0.533 e. The molecule has 0 atom stereocenters. The number of ether oxygens (including phenoxy) is 2. The molecule has 2 heterocycles. The Morgan fingerprint density at radius 3 is 2.72 bits per heavy atom. The van der Waals surface area contributed by atoms with Gasteiger partial charge in [0.25, 0.3) is 0 Å². The minimum Gasteiger partial charge on any atom is -0.499 e. The van der Waals surface area contributed by atoms with Gasteiger partial charge in [0.1, 0.15) is 11.9 Å².